The average Bonchev–Trinajstić information content (AvgIpc) is 2.48. The first-order valence-corrected chi connectivity index (χ1v) is 3.42. The Morgan fingerprint density at radius 2 is 2.38 bits per heavy atom. The predicted octanol–water partition coefficient (Wildman–Crippen LogP) is 0.436. The minimum atomic E-state index is -1.18. The van der Waals surface area contributed by atoms with Gasteiger partial charge in [-0.15, -0.1) is 0 Å². The molecule has 0 aliphatic heterocycles. The SMILES string of the molecule is CC(=O)OCc1cc(C(=O)O)no1. The lowest BCUT2D eigenvalue weighted by atomic mass is 10.4. The summed E-state index contributed by atoms with van der Waals surface area (Å²) in [5, 5.41) is 11.7. The van der Waals surface area contributed by atoms with Crippen LogP contribution in [0.25, 0.3) is 0 Å². The summed E-state index contributed by atoms with van der Waals surface area (Å²) >= 11 is 0. The van der Waals surface area contributed by atoms with Gasteiger partial charge >= 0.3 is 11.9 Å². The van der Waals surface area contributed by atoms with Crippen molar-refractivity contribution in [2.24, 2.45) is 0 Å². The number of carboxylic acids is 1. The second-order valence-corrected chi connectivity index (χ2v) is 2.26. The van der Waals surface area contributed by atoms with Gasteiger partial charge < -0.3 is 14.4 Å². The van der Waals surface area contributed by atoms with Crippen LogP contribution in [-0.2, 0) is 16.1 Å². The predicted molar refractivity (Wildman–Crippen MR) is 38.9 cm³/mol. The highest BCUT2D eigenvalue weighted by molar-refractivity contribution is 5.85. The number of hydrogen-bond acceptors (Lipinski definition) is 5. The number of aromatic nitrogens is 1. The van der Waals surface area contributed by atoms with Gasteiger partial charge in [-0.25, -0.2) is 4.79 Å². The van der Waals surface area contributed by atoms with Crippen LogP contribution in [0.1, 0.15) is 23.2 Å². The van der Waals surface area contributed by atoms with Crippen molar-refractivity contribution in [2.75, 3.05) is 0 Å². The minimum Gasteiger partial charge on any atom is -0.476 e. The second kappa shape index (κ2) is 3.70. The number of hydrogen-bond donors (Lipinski definition) is 1. The number of rotatable bonds is 3. The van der Waals surface area contributed by atoms with Gasteiger partial charge in [-0.1, -0.05) is 5.16 Å². The van der Waals surface area contributed by atoms with Crippen molar-refractivity contribution >= 4 is 11.9 Å². The molecule has 0 spiro atoms. The molecule has 0 radical (unpaired) electrons. The molecule has 1 aromatic heterocycles. The maximum absolute atomic E-state index is 10.4. The van der Waals surface area contributed by atoms with E-state index in [9.17, 15) is 9.59 Å². The van der Waals surface area contributed by atoms with Gasteiger partial charge in [0.25, 0.3) is 0 Å². The first-order valence-electron chi connectivity index (χ1n) is 3.42. The van der Waals surface area contributed by atoms with E-state index in [1.54, 1.807) is 0 Å². The molecule has 1 N–H and O–H groups in total. The number of carboxylic acid groups (broad SMARTS) is 1. The summed E-state index contributed by atoms with van der Waals surface area (Å²) in [4.78, 5) is 20.7. The van der Waals surface area contributed by atoms with Crippen LogP contribution in [0.3, 0.4) is 0 Å². The molecule has 1 aromatic rings. The maximum Gasteiger partial charge on any atom is 0.358 e. The van der Waals surface area contributed by atoms with Crippen LogP contribution in [0.2, 0.25) is 0 Å². The number of aromatic carboxylic acids is 1. The molecule has 0 aliphatic rings. The minimum absolute atomic E-state index is 0.102. The van der Waals surface area contributed by atoms with Crippen molar-refractivity contribution < 1.29 is 24.0 Å². The zero-order chi connectivity index (χ0) is 9.84. The number of carbonyl (C=O) groups is 2. The molecule has 0 fully saturated rings. The zero-order valence-corrected chi connectivity index (χ0v) is 6.81. The molecule has 6 nitrogen and oxygen atoms in total. The third-order valence-electron chi connectivity index (χ3n) is 1.20. The van der Waals surface area contributed by atoms with Crippen LogP contribution in [-0.4, -0.2) is 22.2 Å². The van der Waals surface area contributed by atoms with Crippen LogP contribution in [0, 0.1) is 0 Å². The van der Waals surface area contributed by atoms with E-state index in [0.29, 0.717) is 0 Å². The Hall–Kier alpha value is -1.85. The van der Waals surface area contributed by atoms with E-state index < -0.39 is 11.9 Å². The van der Waals surface area contributed by atoms with Crippen molar-refractivity contribution in [3.8, 4) is 0 Å². The molecule has 0 saturated heterocycles. The summed E-state index contributed by atoms with van der Waals surface area (Å²) in [5.41, 5.74) is -0.206. The van der Waals surface area contributed by atoms with Crippen LogP contribution >= 0.6 is 0 Å². The van der Waals surface area contributed by atoms with E-state index in [4.69, 9.17) is 5.11 Å². The van der Waals surface area contributed by atoms with E-state index in [-0.39, 0.29) is 18.1 Å². The molecule has 0 saturated carbocycles. The number of carbonyl (C=O) groups excluding carboxylic acids is 1. The smallest absolute Gasteiger partial charge is 0.358 e. The summed E-state index contributed by atoms with van der Waals surface area (Å²) in [5.74, 6) is -1.45. The van der Waals surface area contributed by atoms with Crippen molar-refractivity contribution in [1.82, 2.24) is 5.16 Å². The van der Waals surface area contributed by atoms with Crippen LogP contribution in [0.4, 0.5) is 0 Å². The summed E-state index contributed by atoms with van der Waals surface area (Å²) in [6.07, 6.45) is 0. The van der Waals surface area contributed by atoms with E-state index in [1.807, 2.05) is 0 Å². The lowest BCUT2D eigenvalue weighted by molar-refractivity contribution is -0.142. The highest BCUT2D eigenvalue weighted by atomic mass is 16.5. The Morgan fingerprint density at radius 3 is 2.85 bits per heavy atom. The Kier molecular flexibility index (Phi) is 2.63. The van der Waals surface area contributed by atoms with Gasteiger partial charge in [-0.2, -0.15) is 0 Å². The number of nitrogens with zero attached hydrogens (tertiary/aromatic N) is 1. The van der Waals surface area contributed by atoms with Crippen molar-refractivity contribution in [3.63, 3.8) is 0 Å². The van der Waals surface area contributed by atoms with Gasteiger partial charge in [-0.3, -0.25) is 4.79 Å². The molecule has 13 heavy (non-hydrogen) atoms. The van der Waals surface area contributed by atoms with Crippen LogP contribution < -0.4 is 0 Å². The molecule has 0 unspecified atom stereocenters. The highest BCUT2D eigenvalue weighted by Crippen LogP contribution is 2.04. The fourth-order valence-electron chi connectivity index (χ4n) is 0.655. The van der Waals surface area contributed by atoms with Crippen LogP contribution in [0.15, 0.2) is 10.6 Å². The van der Waals surface area contributed by atoms with E-state index in [2.05, 4.69) is 14.4 Å². The maximum atomic E-state index is 10.4. The quantitative estimate of drug-likeness (QED) is 0.687. The van der Waals surface area contributed by atoms with Gasteiger partial charge in [0.1, 0.15) is 0 Å². The molecule has 1 heterocycles. The fraction of sp³-hybridized carbons (Fsp3) is 0.286. The second-order valence-electron chi connectivity index (χ2n) is 2.26. The Morgan fingerprint density at radius 1 is 1.69 bits per heavy atom. The lowest BCUT2D eigenvalue weighted by Gasteiger charge is -1.94. The Balaban J connectivity index is 2.59. The molecule has 0 amide bonds. The van der Waals surface area contributed by atoms with Crippen LogP contribution in [0.5, 0.6) is 0 Å². The van der Waals surface area contributed by atoms with E-state index in [0.717, 1.165) is 0 Å². The molecular formula is C7H7NO5. The first-order chi connectivity index (χ1) is 6.09. The molecule has 0 bridgehead atoms. The standard InChI is InChI=1S/C7H7NO5/c1-4(9)12-3-5-2-6(7(10)11)8-13-5/h2H,3H2,1H3,(H,10,11). The van der Waals surface area contributed by atoms with Crippen molar-refractivity contribution in [1.29, 1.82) is 0 Å². The molecule has 0 aromatic carbocycles. The van der Waals surface area contributed by atoms with Gasteiger partial charge in [0.05, 0.1) is 0 Å². The average molecular weight is 185 g/mol. The summed E-state index contributed by atoms with van der Waals surface area (Å²) in [6, 6.07) is 1.20. The molecule has 0 atom stereocenters. The summed E-state index contributed by atoms with van der Waals surface area (Å²) in [6.45, 7) is 1.14. The van der Waals surface area contributed by atoms with E-state index >= 15 is 0 Å². The molecule has 70 valence electrons. The monoisotopic (exact) mass is 185 g/mol. The summed E-state index contributed by atoms with van der Waals surface area (Å²) < 4.78 is 9.12. The van der Waals surface area contributed by atoms with Gasteiger partial charge in [-0.05, 0) is 0 Å². The zero-order valence-electron chi connectivity index (χ0n) is 6.81. The van der Waals surface area contributed by atoms with Gasteiger partial charge in [0.15, 0.2) is 18.1 Å². The topological polar surface area (TPSA) is 89.6 Å². The van der Waals surface area contributed by atoms with E-state index in [1.165, 1.54) is 13.0 Å². The largest absolute Gasteiger partial charge is 0.476 e. The molecule has 6 heteroatoms. The molecule has 1 rings (SSSR count). The third kappa shape index (κ3) is 2.58. The lowest BCUT2D eigenvalue weighted by Crippen LogP contribution is -1.98. The van der Waals surface area contributed by atoms with Gasteiger partial charge in [0.2, 0.25) is 0 Å². The van der Waals surface area contributed by atoms with Crippen molar-refractivity contribution in [3.05, 3.63) is 17.5 Å². The summed E-state index contributed by atoms with van der Waals surface area (Å²) in [7, 11) is 0. The molecular weight excluding hydrogens is 178 g/mol. The normalized spacial score (nSPS) is 9.62. The number of esters is 1. The Bertz CT molecular complexity index is 329. The Labute approximate surface area is 73.1 Å². The molecule has 0 aliphatic carbocycles. The number of ether oxygens (including phenoxy) is 1. The third-order valence-corrected chi connectivity index (χ3v) is 1.20. The van der Waals surface area contributed by atoms with Crippen molar-refractivity contribution in [2.45, 2.75) is 13.5 Å². The first kappa shape index (κ1) is 9.24. The van der Waals surface area contributed by atoms with Gasteiger partial charge in [0, 0.05) is 13.0 Å². The fourth-order valence-corrected chi connectivity index (χ4v) is 0.655. The highest BCUT2D eigenvalue weighted by Gasteiger charge is 2.10.